The van der Waals surface area contributed by atoms with E-state index in [4.69, 9.17) is 16.3 Å². The third-order valence-electron chi connectivity index (χ3n) is 4.86. The minimum absolute atomic E-state index is 0.0791. The minimum Gasteiger partial charge on any atom is -0.378 e. The van der Waals surface area contributed by atoms with Crippen molar-refractivity contribution in [2.24, 2.45) is 0 Å². The molecule has 1 amide bonds. The third-order valence-corrected chi connectivity index (χ3v) is 5.11. The van der Waals surface area contributed by atoms with Crippen LogP contribution in [-0.4, -0.2) is 42.2 Å². The molecule has 1 aliphatic rings. The number of ether oxygens (including phenoxy) is 1. The molecule has 0 radical (unpaired) electrons. The number of aromatic nitrogens is 2. The number of nitrogens with one attached hydrogen (secondary N) is 2. The van der Waals surface area contributed by atoms with Crippen molar-refractivity contribution in [3.63, 3.8) is 0 Å². The molecule has 1 aromatic heterocycles. The van der Waals surface area contributed by atoms with Crippen molar-refractivity contribution in [2.75, 3.05) is 41.8 Å². The Morgan fingerprint density at radius 2 is 1.71 bits per heavy atom. The van der Waals surface area contributed by atoms with E-state index in [1.165, 1.54) is 0 Å². The predicted octanol–water partition coefficient (Wildman–Crippen LogP) is 4.20. The van der Waals surface area contributed by atoms with Gasteiger partial charge in [0.2, 0.25) is 11.9 Å². The number of hydrogen-bond acceptors (Lipinski definition) is 6. The lowest BCUT2D eigenvalue weighted by Gasteiger charge is -2.27. The highest BCUT2D eigenvalue weighted by Gasteiger charge is 2.15. The van der Waals surface area contributed by atoms with Crippen LogP contribution in [0.3, 0.4) is 0 Å². The summed E-state index contributed by atoms with van der Waals surface area (Å²) in [5, 5.41) is 6.88. The van der Waals surface area contributed by atoms with Gasteiger partial charge in [-0.15, -0.1) is 0 Å². The van der Waals surface area contributed by atoms with Crippen LogP contribution in [0.1, 0.15) is 11.3 Å². The molecule has 0 unspecified atom stereocenters. The number of anilines is 4. The number of benzene rings is 2. The summed E-state index contributed by atoms with van der Waals surface area (Å²) >= 11 is 5.89. The molecule has 2 N–H and O–H groups in total. The van der Waals surface area contributed by atoms with Crippen molar-refractivity contribution in [1.29, 1.82) is 0 Å². The highest BCUT2D eigenvalue weighted by molar-refractivity contribution is 6.30. The maximum absolute atomic E-state index is 12.3. The first-order valence-electron chi connectivity index (χ1n) is 10.1. The second kappa shape index (κ2) is 9.76. The van der Waals surface area contributed by atoms with Crippen LogP contribution in [0.2, 0.25) is 5.02 Å². The summed E-state index contributed by atoms with van der Waals surface area (Å²) in [6.07, 6.45) is 0.293. The Morgan fingerprint density at radius 3 is 2.42 bits per heavy atom. The summed E-state index contributed by atoms with van der Waals surface area (Å²) < 4.78 is 5.41. The van der Waals surface area contributed by atoms with E-state index in [1.54, 1.807) is 12.1 Å². The highest BCUT2D eigenvalue weighted by atomic mass is 35.5. The van der Waals surface area contributed by atoms with Gasteiger partial charge in [-0.05, 0) is 48.9 Å². The van der Waals surface area contributed by atoms with Crippen molar-refractivity contribution >= 4 is 40.6 Å². The van der Waals surface area contributed by atoms with Crippen molar-refractivity contribution in [1.82, 2.24) is 9.97 Å². The third kappa shape index (κ3) is 5.93. The van der Waals surface area contributed by atoms with Gasteiger partial charge >= 0.3 is 0 Å². The summed E-state index contributed by atoms with van der Waals surface area (Å²) in [5.74, 6) is 1.36. The van der Waals surface area contributed by atoms with E-state index in [0.717, 1.165) is 41.5 Å². The molecule has 0 saturated carbocycles. The average Bonchev–Trinajstić information content (AvgIpc) is 2.77. The van der Waals surface area contributed by atoms with Gasteiger partial charge in [0, 0.05) is 41.2 Å². The molecule has 1 aliphatic heterocycles. The summed E-state index contributed by atoms with van der Waals surface area (Å²) in [6, 6.07) is 16.7. The first-order valence-corrected chi connectivity index (χ1v) is 10.5. The van der Waals surface area contributed by atoms with E-state index in [2.05, 4.69) is 25.5 Å². The Kier molecular flexibility index (Phi) is 6.64. The molecule has 0 bridgehead atoms. The molecular formula is C23H24ClN5O2. The van der Waals surface area contributed by atoms with Gasteiger partial charge in [-0.2, -0.15) is 4.98 Å². The fourth-order valence-electron chi connectivity index (χ4n) is 3.30. The Labute approximate surface area is 186 Å². The Morgan fingerprint density at radius 1 is 1.03 bits per heavy atom. The van der Waals surface area contributed by atoms with Gasteiger partial charge in [0.15, 0.2) is 0 Å². The second-order valence-electron chi connectivity index (χ2n) is 7.35. The summed E-state index contributed by atoms with van der Waals surface area (Å²) in [4.78, 5) is 23.6. The predicted molar refractivity (Wildman–Crippen MR) is 123 cm³/mol. The SMILES string of the molecule is Cc1cc(Nc2ccc(NC(=O)Cc3ccc(Cl)cc3)cc2)nc(N2CCOCC2)n1. The Hall–Kier alpha value is -3.16. The molecule has 2 heterocycles. The van der Waals surface area contributed by atoms with Gasteiger partial charge < -0.3 is 20.3 Å². The number of nitrogens with zero attached hydrogens (tertiary/aromatic N) is 3. The largest absolute Gasteiger partial charge is 0.378 e. The van der Waals surface area contributed by atoms with Gasteiger partial charge in [-0.3, -0.25) is 4.79 Å². The molecule has 31 heavy (non-hydrogen) atoms. The van der Waals surface area contributed by atoms with Crippen molar-refractivity contribution in [3.8, 4) is 0 Å². The molecule has 8 heteroatoms. The van der Waals surface area contributed by atoms with Crippen LogP contribution in [-0.2, 0) is 16.0 Å². The van der Waals surface area contributed by atoms with Crippen molar-refractivity contribution in [3.05, 3.63) is 70.9 Å². The fourth-order valence-corrected chi connectivity index (χ4v) is 3.43. The first kappa shape index (κ1) is 21.1. The van der Waals surface area contributed by atoms with E-state index in [1.807, 2.05) is 49.4 Å². The van der Waals surface area contributed by atoms with E-state index in [-0.39, 0.29) is 5.91 Å². The van der Waals surface area contributed by atoms with E-state index < -0.39 is 0 Å². The van der Waals surface area contributed by atoms with Crippen LogP contribution in [0.4, 0.5) is 23.1 Å². The molecule has 1 fully saturated rings. The number of amides is 1. The number of rotatable bonds is 6. The summed E-state index contributed by atoms with van der Waals surface area (Å²) in [6.45, 7) is 4.90. The standard InChI is InChI=1S/C23H24ClN5O2/c1-16-14-21(28-23(25-16)29-10-12-31-13-11-29)26-19-6-8-20(9-7-19)27-22(30)15-17-2-4-18(24)5-3-17/h2-9,14H,10-13,15H2,1H3,(H,27,30)(H,25,26,28). The van der Waals surface area contributed by atoms with Crippen LogP contribution >= 0.6 is 11.6 Å². The zero-order chi connectivity index (χ0) is 21.6. The fraction of sp³-hybridized carbons (Fsp3) is 0.261. The van der Waals surface area contributed by atoms with Gasteiger partial charge in [0.25, 0.3) is 0 Å². The van der Waals surface area contributed by atoms with Crippen LogP contribution in [0.5, 0.6) is 0 Å². The number of hydrogen-bond donors (Lipinski definition) is 2. The zero-order valence-corrected chi connectivity index (χ0v) is 18.0. The van der Waals surface area contributed by atoms with Gasteiger partial charge in [-0.25, -0.2) is 4.98 Å². The maximum Gasteiger partial charge on any atom is 0.228 e. The van der Waals surface area contributed by atoms with E-state index in [0.29, 0.717) is 30.6 Å². The quantitative estimate of drug-likeness (QED) is 0.601. The lowest BCUT2D eigenvalue weighted by Crippen LogP contribution is -2.37. The molecule has 2 aromatic carbocycles. The Bertz CT molecular complexity index is 1030. The molecule has 3 aromatic rings. The molecule has 1 saturated heterocycles. The highest BCUT2D eigenvalue weighted by Crippen LogP contribution is 2.21. The maximum atomic E-state index is 12.3. The molecular weight excluding hydrogens is 414 g/mol. The average molecular weight is 438 g/mol. The first-order chi connectivity index (χ1) is 15.0. The number of aryl methyl sites for hydroxylation is 1. The lowest BCUT2D eigenvalue weighted by atomic mass is 10.1. The molecule has 160 valence electrons. The van der Waals surface area contributed by atoms with Crippen molar-refractivity contribution in [2.45, 2.75) is 13.3 Å². The normalized spacial score (nSPS) is 13.7. The molecule has 7 nitrogen and oxygen atoms in total. The molecule has 0 atom stereocenters. The second-order valence-corrected chi connectivity index (χ2v) is 7.78. The Balaban J connectivity index is 1.37. The molecule has 0 spiro atoms. The van der Waals surface area contributed by atoms with E-state index >= 15 is 0 Å². The number of halogens is 1. The zero-order valence-electron chi connectivity index (χ0n) is 17.3. The number of carbonyl (C=O) groups is 1. The van der Waals surface area contributed by atoms with Crippen LogP contribution in [0.25, 0.3) is 0 Å². The molecule has 0 aliphatic carbocycles. The topological polar surface area (TPSA) is 79.4 Å². The van der Waals surface area contributed by atoms with E-state index in [9.17, 15) is 4.79 Å². The van der Waals surface area contributed by atoms with Gasteiger partial charge in [0.1, 0.15) is 5.82 Å². The lowest BCUT2D eigenvalue weighted by molar-refractivity contribution is -0.115. The van der Waals surface area contributed by atoms with Crippen LogP contribution in [0.15, 0.2) is 54.6 Å². The smallest absolute Gasteiger partial charge is 0.228 e. The van der Waals surface area contributed by atoms with Crippen LogP contribution < -0.4 is 15.5 Å². The van der Waals surface area contributed by atoms with Crippen LogP contribution in [0, 0.1) is 6.92 Å². The number of carbonyl (C=O) groups excluding carboxylic acids is 1. The summed E-state index contributed by atoms with van der Waals surface area (Å²) in [5.41, 5.74) is 3.42. The monoisotopic (exact) mass is 437 g/mol. The number of morpholine rings is 1. The summed E-state index contributed by atoms with van der Waals surface area (Å²) in [7, 11) is 0. The minimum atomic E-state index is -0.0791. The van der Waals surface area contributed by atoms with Crippen molar-refractivity contribution < 1.29 is 9.53 Å². The molecule has 4 rings (SSSR count). The van der Waals surface area contributed by atoms with Gasteiger partial charge in [0.05, 0.1) is 19.6 Å². The van der Waals surface area contributed by atoms with Gasteiger partial charge in [-0.1, -0.05) is 23.7 Å².